The van der Waals surface area contributed by atoms with Crippen LogP contribution < -0.4 is 0 Å². The van der Waals surface area contributed by atoms with Crippen molar-refractivity contribution in [1.29, 1.82) is 0 Å². The first-order valence-corrected chi connectivity index (χ1v) is 6.88. The maximum atomic E-state index is 5.57. The van der Waals surface area contributed by atoms with Crippen LogP contribution in [0.2, 0.25) is 0 Å². The third-order valence-electron chi connectivity index (χ3n) is 2.60. The number of halogens is 1. The van der Waals surface area contributed by atoms with E-state index in [9.17, 15) is 0 Å². The summed E-state index contributed by atoms with van der Waals surface area (Å²) in [6.07, 6.45) is 11.9. The van der Waals surface area contributed by atoms with E-state index in [0.717, 1.165) is 6.61 Å². The fraction of sp³-hybridized carbons (Fsp3) is 0.833. The van der Waals surface area contributed by atoms with Crippen molar-refractivity contribution in [3.63, 3.8) is 0 Å². The minimum absolute atomic E-state index is 0.424. The Hall–Kier alpha value is 0.430. The minimum Gasteiger partial charge on any atom is -0.374 e. The second-order valence-corrected chi connectivity index (χ2v) is 5.36. The fourth-order valence-corrected chi connectivity index (χ4v) is 2.52. The summed E-state index contributed by atoms with van der Waals surface area (Å²) in [5.74, 6) is 0. The number of unbranched alkanes of at least 4 members (excludes halogenated alkanes) is 3. The van der Waals surface area contributed by atoms with Crippen molar-refractivity contribution >= 4 is 22.6 Å². The van der Waals surface area contributed by atoms with E-state index < -0.39 is 0 Å². The molecule has 1 aliphatic heterocycles. The third-order valence-corrected chi connectivity index (χ3v) is 3.50. The molecule has 0 aromatic heterocycles. The lowest BCUT2D eigenvalue weighted by Crippen LogP contribution is -1.99. The zero-order chi connectivity index (χ0) is 10.2. The molecular weight excluding hydrogens is 287 g/mol. The Kier molecular flexibility index (Phi) is 6.86. The van der Waals surface area contributed by atoms with Crippen LogP contribution in [0.5, 0.6) is 0 Å². The maximum absolute atomic E-state index is 5.57. The third kappa shape index (κ3) is 5.35. The predicted molar refractivity (Wildman–Crippen MR) is 69.8 cm³/mol. The van der Waals surface area contributed by atoms with Crippen LogP contribution >= 0.6 is 22.6 Å². The Morgan fingerprint density at radius 2 is 2.29 bits per heavy atom. The quantitative estimate of drug-likeness (QED) is 0.520. The highest BCUT2D eigenvalue weighted by Gasteiger charge is 2.12. The molecule has 0 bridgehead atoms. The van der Waals surface area contributed by atoms with Gasteiger partial charge in [-0.25, -0.2) is 0 Å². The second-order valence-electron chi connectivity index (χ2n) is 3.98. The molecule has 0 spiro atoms. The number of hydrogen-bond acceptors (Lipinski definition) is 1. The van der Waals surface area contributed by atoms with E-state index in [4.69, 9.17) is 4.74 Å². The van der Waals surface area contributed by atoms with E-state index in [1.165, 1.54) is 48.5 Å². The minimum atomic E-state index is 0.424. The Labute approximate surface area is 101 Å². The summed E-state index contributed by atoms with van der Waals surface area (Å²) in [6.45, 7) is 3.22. The van der Waals surface area contributed by atoms with Crippen LogP contribution in [0.4, 0.5) is 0 Å². The molecule has 2 heteroatoms. The van der Waals surface area contributed by atoms with Crippen molar-refractivity contribution < 1.29 is 4.74 Å². The summed E-state index contributed by atoms with van der Waals surface area (Å²) in [4.78, 5) is 0. The van der Waals surface area contributed by atoms with Crippen molar-refractivity contribution in [2.24, 2.45) is 0 Å². The highest BCUT2D eigenvalue weighted by atomic mass is 127. The van der Waals surface area contributed by atoms with E-state index in [1.807, 2.05) is 0 Å². The van der Waals surface area contributed by atoms with Crippen molar-refractivity contribution in [1.82, 2.24) is 0 Å². The molecule has 1 atom stereocenters. The highest BCUT2D eigenvalue weighted by molar-refractivity contribution is 14.1. The summed E-state index contributed by atoms with van der Waals surface area (Å²) in [5.41, 5.74) is 0. The lowest BCUT2D eigenvalue weighted by molar-refractivity contribution is 0.145. The Morgan fingerprint density at radius 3 is 2.93 bits per heavy atom. The largest absolute Gasteiger partial charge is 0.374 e. The van der Waals surface area contributed by atoms with Gasteiger partial charge in [0.1, 0.15) is 0 Å². The molecule has 0 N–H and O–H groups in total. The van der Waals surface area contributed by atoms with Gasteiger partial charge in [-0.2, -0.15) is 0 Å². The highest BCUT2D eigenvalue weighted by Crippen LogP contribution is 2.21. The van der Waals surface area contributed by atoms with Crippen LogP contribution in [0, 0.1) is 0 Å². The standard InChI is InChI=1S/C12H21IO/c1-2-3-4-5-7-11(13)10-12-8-6-9-14-12/h10,12H,2-9H2,1H3/b11-10-. The topological polar surface area (TPSA) is 9.23 Å². The number of allylic oxidation sites excluding steroid dienone is 1. The Morgan fingerprint density at radius 1 is 1.43 bits per heavy atom. The maximum Gasteiger partial charge on any atom is 0.0766 e. The summed E-state index contributed by atoms with van der Waals surface area (Å²) in [5, 5.41) is 0. The molecule has 1 fully saturated rings. The van der Waals surface area contributed by atoms with Gasteiger partial charge in [-0.05, 0) is 57.9 Å². The van der Waals surface area contributed by atoms with Gasteiger partial charge in [0.2, 0.25) is 0 Å². The van der Waals surface area contributed by atoms with E-state index in [-0.39, 0.29) is 0 Å². The molecule has 0 saturated carbocycles. The van der Waals surface area contributed by atoms with E-state index in [1.54, 1.807) is 0 Å². The van der Waals surface area contributed by atoms with Crippen LogP contribution in [0.15, 0.2) is 9.66 Å². The first-order chi connectivity index (χ1) is 6.83. The van der Waals surface area contributed by atoms with Gasteiger partial charge in [0.15, 0.2) is 0 Å². The van der Waals surface area contributed by atoms with Gasteiger partial charge in [0.05, 0.1) is 6.10 Å². The summed E-state index contributed by atoms with van der Waals surface area (Å²) in [6, 6.07) is 0. The average Bonchev–Trinajstić information content (AvgIpc) is 2.65. The van der Waals surface area contributed by atoms with Crippen molar-refractivity contribution in [2.75, 3.05) is 6.61 Å². The summed E-state index contributed by atoms with van der Waals surface area (Å²) in [7, 11) is 0. The fourth-order valence-electron chi connectivity index (χ4n) is 1.74. The van der Waals surface area contributed by atoms with Crippen LogP contribution in [-0.2, 0) is 4.74 Å². The molecule has 1 unspecified atom stereocenters. The van der Waals surface area contributed by atoms with Gasteiger partial charge >= 0.3 is 0 Å². The molecule has 0 radical (unpaired) electrons. The Balaban J connectivity index is 2.09. The van der Waals surface area contributed by atoms with Gasteiger partial charge in [-0.3, -0.25) is 0 Å². The summed E-state index contributed by atoms with van der Waals surface area (Å²) >= 11 is 2.46. The van der Waals surface area contributed by atoms with Gasteiger partial charge < -0.3 is 4.74 Å². The molecule has 1 nitrogen and oxygen atoms in total. The van der Waals surface area contributed by atoms with E-state index in [2.05, 4.69) is 35.6 Å². The molecule has 1 saturated heterocycles. The van der Waals surface area contributed by atoms with Gasteiger partial charge in [-0.1, -0.05) is 26.2 Å². The molecule has 1 aliphatic rings. The smallest absolute Gasteiger partial charge is 0.0766 e. The SMILES string of the molecule is CCCCCC/C(I)=C/C1CCCO1. The molecule has 14 heavy (non-hydrogen) atoms. The van der Waals surface area contributed by atoms with Crippen LogP contribution in [0.25, 0.3) is 0 Å². The molecule has 0 amide bonds. The van der Waals surface area contributed by atoms with Crippen LogP contribution in [0.1, 0.15) is 51.9 Å². The first-order valence-electron chi connectivity index (χ1n) is 5.80. The zero-order valence-electron chi connectivity index (χ0n) is 9.10. The molecule has 0 aromatic carbocycles. The predicted octanol–water partition coefficient (Wildman–Crippen LogP) is 4.45. The molecular formula is C12H21IO. The van der Waals surface area contributed by atoms with E-state index >= 15 is 0 Å². The molecule has 82 valence electrons. The first kappa shape index (κ1) is 12.5. The van der Waals surface area contributed by atoms with Crippen LogP contribution in [-0.4, -0.2) is 12.7 Å². The average molecular weight is 308 g/mol. The van der Waals surface area contributed by atoms with E-state index in [0.29, 0.717) is 6.10 Å². The van der Waals surface area contributed by atoms with Crippen molar-refractivity contribution in [3.05, 3.63) is 9.66 Å². The molecule has 1 heterocycles. The molecule has 0 aliphatic carbocycles. The van der Waals surface area contributed by atoms with Gasteiger partial charge in [0.25, 0.3) is 0 Å². The number of rotatable bonds is 6. The summed E-state index contributed by atoms with van der Waals surface area (Å²) < 4.78 is 7.06. The molecule has 1 rings (SSSR count). The normalized spacial score (nSPS) is 23.0. The van der Waals surface area contributed by atoms with Crippen molar-refractivity contribution in [2.45, 2.75) is 58.0 Å². The Bertz CT molecular complexity index is 171. The van der Waals surface area contributed by atoms with Gasteiger partial charge in [-0.15, -0.1) is 0 Å². The lowest BCUT2D eigenvalue weighted by atomic mass is 10.1. The monoisotopic (exact) mass is 308 g/mol. The zero-order valence-corrected chi connectivity index (χ0v) is 11.3. The molecule has 0 aromatic rings. The second kappa shape index (κ2) is 7.69. The van der Waals surface area contributed by atoms with Crippen molar-refractivity contribution in [3.8, 4) is 0 Å². The lowest BCUT2D eigenvalue weighted by Gasteiger charge is -2.05. The number of hydrogen-bond donors (Lipinski definition) is 0. The number of ether oxygens (including phenoxy) is 1. The van der Waals surface area contributed by atoms with Crippen LogP contribution in [0.3, 0.4) is 0 Å². The van der Waals surface area contributed by atoms with Gasteiger partial charge in [0, 0.05) is 6.61 Å².